The molecule has 2 fully saturated rings. The van der Waals surface area contributed by atoms with Crippen molar-refractivity contribution in [3.63, 3.8) is 0 Å². The summed E-state index contributed by atoms with van der Waals surface area (Å²) < 4.78 is 52.2. The van der Waals surface area contributed by atoms with Gasteiger partial charge in [-0.2, -0.15) is 13.2 Å². The van der Waals surface area contributed by atoms with E-state index < -0.39 is 17.6 Å². The number of carbonyl (C=O) groups excluding carboxylic acids is 1. The van der Waals surface area contributed by atoms with Crippen molar-refractivity contribution in [2.45, 2.75) is 57.3 Å². The third kappa shape index (κ3) is 4.55. The maximum atomic E-state index is 14.2. The quantitative estimate of drug-likeness (QED) is 0.723. The first-order valence-electron chi connectivity index (χ1n) is 9.22. The molecule has 1 atom stereocenters. The molecule has 1 aromatic carbocycles. The Morgan fingerprint density at radius 1 is 1.12 bits per heavy atom. The molecular formula is C19H24F4N2O. The van der Waals surface area contributed by atoms with E-state index in [4.69, 9.17) is 0 Å². The van der Waals surface area contributed by atoms with Gasteiger partial charge in [0.2, 0.25) is 5.91 Å². The average Bonchev–Trinajstić information content (AvgIpc) is 3.00. The van der Waals surface area contributed by atoms with Gasteiger partial charge in [-0.1, -0.05) is 12.5 Å². The molecular weight excluding hydrogens is 348 g/mol. The van der Waals surface area contributed by atoms with Crippen molar-refractivity contribution < 1.29 is 22.4 Å². The Balaban J connectivity index is 1.63. The van der Waals surface area contributed by atoms with E-state index in [1.165, 1.54) is 6.07 Å². The van der Waals surface area contributed by atoms with E-state index in [0.29, 0.717) is 31.1 Å². The summed E-state index contributed by atoms with van der Waals surface area (Å²) in [5.41, 5.74) is -0.663. The maximum absolute atomic E-state index is 14.2. The molecule has 1 aromatic rings. The van der Waals surface area contributed by atoms with Crippen molar-refractivity contribution in [3.05, 3.63) is 35.1 Å². The number of nitrogens with zero attached hydrogens (tertiary/aromatic N) is 2. The van der Waals surface area contributed by atoms with Gasteiger partial charge >= 0.3 is 6.18 Å². The summed E-state index contributed by atoms with van der Waals surface area (Å²) in [5.74, 6) is -0.611. The Bertz CT molecular complexity index is 647. The van der Waals surface area contributed by atoms with Crippen molar-refractivity contribution in [1.82, 2.24) is 9.80 Å². The van der Waals surface area contributed by atoms with E-state index in [-0.39, 0.29) is 11.9 Å². The number of piperidine rings is 1. The van der Waals surface area contributed by atoms with Crippen molar-refractivity contribution >= 4 is 5.91 Å². The van der Waals surface area contributed by atoms with Crippen LogP contribution in [0, 0.1) is 5.82 Å². The Morgan fingerprint density at radius 2 is 1.92 bits per heavy atom. The zero-order valence-corrected chi connectivity index (χ0v) is 14.7. The van der Waals surface area contributed by atoms with Gasteiger partial charge in [0.1, 0.15) is 5.82 Å². The molecule has 26 heavy (non-hydrogen) atoms. The van der Waals surface area contributed by atoms with Crippen molar-refractivity contribution in [2.75, 3.05) is 19.6 Å². The molecule has 3 nitrogen and oxygen atoms in total. The fourth-order valence-electron chi connectivity index (χ4n) is 3.91. The van der Waals surface area contributed by atoms with Crippen LogP contribution in [0.1, 0.15) is 49.7 Å². The van der Waals surface area contributed by atoms with Gasteiger partial charge in [-0.25, -0.2) is 4.39 Å². The molecule has 0 spiro atoms. The minimum atomic E-state index is -4.53. The Morgan fingerprint density at radius 3 is 2.58 bits per heavy atom. The number of hydrogen-bond donors (Lipinski definition) is 0. The number of halogens is 4. The van der Waals surface area contributed by atoms with Gasteiger partial charge in [0.15, 0.2) is 0 Å². The first kappa shape index (κ1) is 19.1. The molecule has 1 unspecified atom stereocenters. The Kier molecular flexibility index (Phi) is 5.85. The fraction of sp³-hybridized carbons (Fsp3) is 0.632. The van der Waals surface area contributed by atoms with Crippen LogP contribution in [0.25, 0.3) is 0 Å². The van der Waals surface area contributed by atoms with Gasteiger partial charge in [0.05, 0.1) is 5.56 Å². The van der Waals surface area contributed by atoms with Crippen molar-refractivity contribution in [2.24, 2.45) is 0 Å². The predicted molar refractivity (Wildman–Crippen MR) is 89.9 cm³/mol. The summed E-state index contributed by atoms with van der Waals surface area (Å²) in [6.45, 7) is 2.62. The first-order valence-corrected chi connectivity index (χ1v) is 9.22. The van der Waals surface area contributed by atoms with Crippen LogP contribution in [0.3, 0.4) is 0 Å². The van der Waals surface area contributed by atoms with Crippen LogP contribution in [-0.2, 0) is 17.5 Å². The van der Waals surface area contributed by atoms with Gasteiger partial charge in [0, 0.05) is 37.7 Å². The molecule has 2 saturated heterocycles. The highest BCUT2D eigenvalue weighted by Gasteiger charge is 2.32. The van der Waals surface area contributed by atoms with Crippen molar-refractivity contribution in [1.29, 1.82) is 0 Å². The van der Waals surface area contributed by atoms with Gasteiger partial charge < -0.3 is 4.90 Å². The van der Waals surface area contributed by atoms with Crippen LogP contribution in [0.15, 0.2) is 18.2 Å². The summed E-state index contributed by atoms with van der Waals surface area (Å²) in [5, 5.41) is 0. The van der Waals surface area contributed by atoms with Crippen LogP contribution in [0.5, 0.6) is 0 Å². The lowest BCUT2D eigenvalue weighted by Crippen LogP contribution is -2.41. The first-order chi connectivity index (χ1) is 12.3. The lowest BCUT2D eigenvalue weighted by Gasteiger charge is -2.36. The molecule has 0 bridgehead atoms. The van der Waals surface area contributed by atoms with Gasteiger partial charge in [0.25, 0.3) is 0 Å². The highest BCUT2D eigenvalue weighted by molar-refractivity contribution is 5.78. The van der Waals surface area contributed by atoms with Crippen LogP contribution in [0.2, 0.25) is 0 Å². The predicted octanol–water partition coefficient (Wildman–Crippen LogP) is 4.21. The fourth-order valence-corrected chi connectivity index (χ4v) is 3.91. The van der Waals surface area contributed by atoms with E-state index in [1.807, 2.05) is 4.90 Å². The average molecular weight is 372 g/mol. The summed E-state index contributed by atoms with van der Waals surface area (Å²) in [6.07, 6.45) is 0.884. The van der Waals surface area contributed by atoms with Crippen molar-refractivity contribution in [3.8, 4) is 0 Å². The smallest absolute Gasteiger partial charge is 0.343 e. The molecule has 0 radical (unpaired) electrons. The Hall–Kier alpha value is -1.63. The monoisotopic (exact) mass is 372 g/mol. The number of amides is 1. The molecule has 2 aliphatic rings. The third-order valence-electron chi connectivity index (χ3n) is 5.41. The maximum Gasteiger partial charge on any atom is 0.416 e. The van der Waals surface area contributed by atoms with E-state index in [9.17, 15) is 22.4 Å². The van der Waals surface area contributed by atoms with Crippen LogP contribution in [-0.4, -0.2) is 41.4 Å². The number of rotatable bonds is 5. The lowest BCUT2D eigenvalue weighted by atomic mass is 9.98. The largest absolute Gasteiger partial charge is 0.416 e. The van der Waals surface area contributed by atoms with Gasteiger partial charge in [-0.3, -0.25) is 9.69 Å². The molecule has 7 heteroatoms. The normalized spacial score (nSPS) is 22.2. The second-order valence-corrected chi connectivity index (χ2v) is 7.20. The van der Waals surface area contributed by atoms with Gasteiger partial charge in [-0.05, 0) is 44.4 Å². The summed E-state index contributed by atoms with van der Waals surface area (Å²) in [7, 11) is 0. The second kappa shape index (κ2) is 7.94. The number of alkyl halides is 3. The van der Waals surface area contributed by atoms with Crippen LogP contribution >= 0.6 is 0 Å². The zero-order chi connectivity index (χ0) is 18.7. The SMILES string of the molecule is O=C1CCCN1CCC1CCCCN1Cc1ccc(C(F)(F)F)cc1F. The number of likely N-dealkylation sites (tertiary alicyclic amines) is 2. The molecule has 0 aliphatic carbocycles. The highest BCUT2D eigenvalue weighted by atomic mass is 19.4. The van der Waals surface area contributed by atoms with E-state index in [1.54, 1.807) is 0 Å². The number of benzene rings is 1. The lowest BCUT2D eigenvalue weighted by molar-refractivity contribution is -0.137. The van der Waals surface area contributed by atoms with Crippen LogP contribution < -0.4 is 0 Å². The number of hydrogen-bond acceptors (Lipinski definition) is 2. The molecule has 1 amide bonds. The molecule has 3 rings (SSSR count). The third-order valence-corrected chi connectivity index (χ3v) is 5.41. The molecule has 2 heterocycles. The summed E-state index contributed by atoms with van der Waals surface area (Å²) in [6, 6.07) is 3.00. The second-order valence-electron chi connectivity index (χ2n) is 7.20. The molecule has 0 N–H and O–H groups in total. The van der Waals surface area contributed by atoms with E-state index in [2.05, 4.69) is 4.90 Å². The number of carbonyl (C=O) groups is 1. The van der Waals surface area contributed by atoms with E-state index in [0.717, 1.165) is 51.3 Å². The molecule has 0 saturated carbocycles. The summed E-state index contributed by atoms with van der Waals surface area (Å²) >= 11 is 0. The molecule has 0 aromatic heterocycles. The van der Waals surface area contributed by atoms with Gasteiger partial charge in [-0.15, -0.1) is 0 Å². The molecule has 2 aliphatic heterocycles. The summed E-state index contributed by atoms with van der Waals surface area (Å²) in [4.78, 5) is 15.8. The highest BCUT2D eigenvalue weighted by Crippen LogP contribution is 2.31. The minimum absolute atomic E-state index is 0.196. The Labute approximate surface area is 151 Å². The van der Waals surface area contributed by atoms with E-state index >= 15 is 0 Å². The molecule has 144 valence electrons. The topological polar surface area (TPSA) is 23.6 Å². The minimum Gasteiger partial charge on any atom is -0.343 e. The standard InChI is InChI=1S/C19H24F4N2O/c20-17-12-15(19(21,22)23)7-6-14(17)13-25-9-2-1-4-16(25)8-11-24-10-3-5-18(24)26/h6-7,12,16H,1-5,8-11,13H2. The van der Waals surface area contributed by atoms with Crippen LogP contribution in [0.4, 0.5) is 17.6 Å². The zero-order valence-electron chi connectivity index (χ0n) is 14.7.